The number of benzene rings is 1. The lowest BCUT2D eigenvalue weighted by molar-refractivity contribution is 0.129. The third kappa shape index (κ3) is 3.72. The summed E-state index contributed by atoms with van der Waals surface area (Å²) in [5.41, 5.74) is 1.23. The molecule has 2 amide bonds. The lowest BCUT2D eigenvalue weighted by atomic mass is 9.68. The maximum absolute atomic E-state index is 11.9. The molecular formula is C16H24N2O. The number of carbonyl (C=O) groups excluding carboxylic acids is 1. The minimum atomic E-state index is -0.0943. The Morgan fingerprint density at radius 3 is 2.58 bits per heavy atom. The smallest absolute Gasteiger partial charge is 0.319 e. The van der Waals surface area contributed by atoms with E-state index in [1.807, 2.05) is 30.3 Å². The summed E-state index contributed by atoms with van der Waals surface area (Å²) in [5.74, 6) is 0.642. The molecule has 2 rings (SSSR count). The third-order valence-electron chi connectivity index (χ3n) is 4.48. The predicted octanol–water partition coefficient (Wildman–Crippen LogP) is 4.02. The van der Waals surface area contributed by atoms with Gasteiger partial charge in [0.2, 0.25) is 0 Å². The minimum Gasteiger partial charge on any atom is -0.335 e. The maximum atomic E-state index is 11.9. The summed E-state index contributed by atoms with van der Waals surface area (Å²) >= 11 is 0. The van der Waals surface area contributed by atoms with Gasteiger partial charge < -0.3 is 10.6 Å². The molecule has 0 spiro atoms. The average Bonchev–Trinajstić information content (AvgIpc) is 2.35. The van der Waals surface area contributed by atoms with E-state index in [1.165, 1.54) is 6.42 Å². The van der Waals surface area contributed by atoms with Crippen LogP contribution in [0.1, 0.15) is 40.0 Å². The van der Waals surface area contributed by atoms with Crippen LogP contribution in [0.3, 0.4) is 0 Å². The Bertz CT molecular complexity index is 428. The second-order valence-electron chi connectivity index (χ2n) is 6.33. The van der Waals surface area contributed by atoms with E-state index in [-0.39, 0.29) is 6.03 Å². The van der Waals surface area contributed by atoms with Crippen LogP contribution >= 0.6 is 0 Å². The Balaban J connectivity index is 1.84. The number of nitrogens with one attached hydrogen (secondary N) is 2. The minimum absolute atomic E-state index is 0.0943. The van der Waals surface area contributed by atoms with Crippen molar-refractivity contribution < 1.29 is 4.79 Å². The Morgan fingerprint density at radius 1 is 1.26 bits per heavy atom. The Hall–Kier alpha value is -1.51. The molecule has 0 bridgehead atoms. The number of hydrogen-bond donors (Lipinski definition) is 2. The highest BCUT2D eigenvalue weighted by Crippen LogP contribution is 2.40. The lowest BCUT2D eigenvalue weighted by Crippen LogP contribution is -2.44. The molecule has 1 saturated carbocycles. The van der Waals surface area contributed by atoms with Crippen molar-refractivity contribution in [2.75, 3.05) is 5.32 Å². The summed E-state index contributed by atoms with van der Waals surface area (Å²) in [4.78, 5) is 11.9. The standard InChI is InChI=1S/C16H24N2O/c1-12-11-14(9-10-16(12,2)3)18-15(19)17-13-7-5-4-6-8-13/h4-8,12,14H,9-11H2,1-3H3,(H2,17,18,19)/t12-,14-/m0/s1. The van der Waals surface area contributed by atoms with Crippen molar-refractivity contribution in [3.05, 3.63) is 30.3 Å². The van der Waals surface area contributed by atoms with Gasteiger partial charge in [0.05, 0.1) is 0 Å². The van der Waals surface area contributed by atoms with Gasteiger partial charge in [-0.25, -0.2) is 4.79 Å². The molecule has 2 atom stereocenters. The SMILES string of the molecule is C[C@H]1C[C@@H](NC(=O)Nc2ccccc2)CCC1(C)C. The summed E-state index contributed by atoms with van der Waals surface area (Å²) in [6, 6.07) is 9.77. The van der Waals surface area contributed by atoms with Crippen LogP contribution < -0.4 is 10.6 Å². The van der Waals surface area contributed by atoms with Gasteiger partial charge in [-0.2, -0.15) is 0 Å². The highest BCUT2D eigenvalue weighted by Gasteiger charge is 2.33. The number of urea groups is 1. The molecule has 0 radical (unpaired) electrons. The summed E-state index contributed by atoms with van der Waals surface area (Å²) in [7, 11) is 0. The molecule has 1 aliphatic carbocycles. The van der Waals surface area contributed by atoms with Gasteiger partial charge in [0, 0.05) is 11.7 Å². The highest BCUT2D eigenvalue weighted by atomic mass is 16.2. The van der Waals surface area contributed by atoms with E-state index in [1.54, 1.807) is 0 Å². The summed E-state index contributed by atoms with van der Waals surface area (Å²) < 4.78 is 0. The van der Waals surface area contributed by atoms with Gasteiger partial charge in [0.15, 0.2) is 0 Å². The van der Waals surface area contributed by atoms with Crippen LogP contribution in [0, 0.1) is 11.3 Å². The number of rotatable bonds is 2. The molecule has 104 valence electrons. The molecule has 0 unspecified atom stereocenters. The van der Waals surface area contributed by atoms with Crippen LogP contribution in [0.5, 0.6) is 0 Å². The zero-order valence-corrected chi connectivity index (χ0v) is 12.1. The van der Waals surface area contributed by atoms with Crippen molar-refractivity contribution in [2.24, 2.45) is 11.3 Å². The topological polar surface area (TPSA) is 41.1 Å². The van der Waals surface area contributed by atoms with Gasteiger partial charge in [0.1, 0.15) is 0 Å². The fourth-order valence-electron chi connectivity index (χ4n) is 2.66. The fourth-order valence-corrected chi connectivity index (χ4v) is 2.66. The van der Waals surface area contributed by atoms with Gasteiger partial charge in [-0.05, 0) is 42.7 Å². The van der Waals surface area contributed by atoms with Crippen molar-refractivity contribution in [1.29, 1.82) is 0 Å². The molecule has 0 aliphatic heterocycles. The van der Waals surface area contributed by atoms with Gasteiger partial charge in [-0.1, -0.05) is 39.0 Å². The summed E-state index contributed by atoms with van der Waals surface area (Å²) in [5, 5.41) is 5.96. The molecule has 1 aromatic rings. The first-order valence-corrected chi connectivity index (χ1v) is 7.10. The van der Waals surface area contributed by atoms with E-state index in [0.717, 1.165) is 18.5 Å². The molecule has 0 heterocycles. The van der Waals surface area contributed by atoms with E-state index in [0.29, 0.717) is 17.4 Å². The summed E-state index contributed by atoms with van der Waals surface area (Å²) in [6.07, 6.45) is 3.30. The quantitative estimate of drug-likeness (QED) is 0.828. The van der Waals surface area contributed by atoms with Gasteiger partial charge in [-0.3, -0.25) is 0 Å². The van der Waals surface area contributed by atoms with Crippen LogP contribution in [0.4, 0.5) is 10.5 Å². The summed E-state index contributed by atoms with van der Waals surface area (Å²) in [6.45, 7) is 6.92. The van der Waals surface area contributed by atoms with Crippen molar-refractivity contribution in [3.63, 3.8) is 0 Å². The molecule has 19 heavy (non-hydrogen) atoms. The normalized spacial score (nSPS) is 25.6. The predicted molar refractivity (Wildman–Crippen MR) is 79.2 cm³/mol. The number of para-hydroxylation sites is 1. The molecule has 1 aromatic carbocycles. The molecule has 3 heteroatoms. The Kier molecular flexibility index (Phi) is 4.13. The van der Waals surface area contributed by atoms with Crippen molar-refractivity contribution in [3.8, 4) is 0 Å². The van der Waals surface area contributed by atoms with Crippen molar-refractivity contribution in [2.45, 2.75) is 46.1 Å². The second kappa shape index (κ2) is 5.64. The zero-order chi connectivity index (χ0) is 13.9. The first-order chi connectivity index (χ1) is 8.97. The van der Waals surface area contributed by atoms with E-state index >= 15 is 0 Å². The second-order valence-corrected chi connectivity index (χ2v) is 6.33. The molecule has 3 nitrogen and oxygen atoms in total. The Labute approximate surface area is 115 Å². The van der Waals surface area contributed by atoms with E-state index in [9.17, 15) is 4.79 Å². The van der Waals surface area contributed by atoms with Gasteiger partial charge >= 0.3 is 6.03 Å². The molecule has 1 aliphatic rings. The third-order valence-corrected chi connectivity index (χ3v) is 4.48. The molecular weight excluding hydrogens is 236 g/mol. The van der Waals surface area contributed by atoms with E-state index < -0.39 is 0 Å². The Morgan fingerprint density at radius 2 is 1.95 bits per heavy atom. The van der Waals surface area contributed by atoms with Crippen LogP contribution in [-0.4, -0.2) is 12.1 Å². The monoisotopic (exact) mass is 260 g/mol. The van der Waals surface area contributed by atoms with Crippen molar-refractivity contribution in [1.82, 2.24) is 5.32 Å². The van der Waals surface area contributed by atoms with E-state index in [2.05, 4.69) is 31.4 Å². The number of anilines is 1. The molecule has 0 aromatic heterocycles. The first kappa shape index (κ1) is 13.9. The van der Waals surface area contributed by atoms with Gasteiger partial charge in [-0.15, -0.1) is 0 Å². The lowest BCUT2D eigenvalue weighted by Gasteiger charge is -2.40. The van der Waals surface area contributed by atoms with Gasteiger partial charge in [0.25, 0.3) is 0 Å². The van der Waals surface area contributed by atoms with E-state index in [4.69, 9.17) is 0 Å². The number of hydrogen-bond acceptors (Lipinski definition) is 1. The fraction of sp³-hybridized carbons (Fsp3) is 0.562. The zero-order valence-electron chi connectivity index (χ0n) is 12.1. The average molecular weight is 260 g/mol. The largest absolute Gasteiger partial charge is 0.335 e. The van der Waals surface area contributed by atoms with Crippen LogP contribution in [0.25, 0.3) is 0 Å². The van der Waals surface area contributed by atoms with Crippen LogP contribution in [0.15, 0.2) is 30.3 Å². The highest BCUT2D eigenvalue weighted by molar-refractivity contribution is 5.89. The molecule has 2 N–H and O–H groups in total. The van der Waals surface area contributed by atoms with Crippen LogP contribution in [-0.2, 0) is 0 Å². The van der Waals surface area contributed by atoms with Crippen molar-refractivity contribution >= 4 is 11.7 Å². The molecule has 1 fully saturated rings. The first-order valence-electron chi connectivity index (χ1n) is 7.10. The number of carbonyl (C=O) groups is 1. The maximum Gasteiger partial charge on any atom is 0.319 e. The number of amides is 2. The van der Waals surface area contributed by atoms with Crippen LogP contribution in [0.2, 0.25) is 0 Å². The molecule has 0 saturated heterocycles.